The van der Waals surface area contributed by atoms with E-state index < -0.39 is 0 Å². The molecule has 0 spiro atoms. The van der Waals surface area contributed by atoms with Gasteiger partial charge in [-0.15, -0.1) is 10.2 Å². The van der Waals surface area contributed by atoms with Crippen LogP contribution in [-0.4, -0.2) is 14.8 Å². The summed E-state index contributed by atoms with van der Waals surface area (Å²) in [5, 5.41) is 17.9. The van der Waals surface area contributed by atoms with Gasteiger partial charge in [-0.3, -0.25) is 0 Å². The van der Waals surface area contributed by atoms with Gasteiger partial charge in [0.05, 0.1) is 5.56 Å². The average molecular weight is 244 g/mol. The molecular weight excluding hydrogens is 232 g/mol. The molecule has 5 heteroatoms. The summed E-state index contributed by atoms with van der Waals surface area (Å²) in [4.78, 5) is 0.919. The summed E-state index contributed by atoms with van der Waals surface area (Å²) >= 11 is 1.47. The Morgan fingerprint density at radius 1 is 1.29 bits per heavy atom. The Labute approximate surface area is 104 Å². The molecule has 86 valence electrons. The zero-order valence-electron chi connectivity index (χ0n) is 9.93. The number of benzene rings is 1. The number of hydrogen-bond acceptors (Lipinski definition) is 4. The zero-order chi connectivity index (χ0) is 12.4. The third-order valence-electron chi connectivity index (χ3n) is 2.51. The summed E-state index contributed by atoms with van der Waals surface area (Å²) in [7, 11) is 1.92. The van der Waals surface area contributed by atoms with Crippen LogP contribution in [0.25, 0.3) is 0 Å². The van der Waals surface area contributed by atoms with Gasteiger partial charge in [0.15, 0.2) is 5.16 Å². The predicted molar refractivity (Wildman–Crippen MR) is 65.8 cm³/mol. The molecule has 2 rings (SSSR count). The van der Waals surface area contributed by atoms with Crippen molar-refractivity contribution in [2.45, 2.75) is 23.9 Å². The highest BCUT2D eigenvalue weighted by molar-refractivity contribution is 7.99. The van der Waals surface area contributed by atoms with Crippen LogP contribution >= 0.6 is 11.8 Å². The van der Waals surface area contributed by atoms with Crippen molar-refractivity contribution >= 4 is 11.8 Å². The van der Waals surface area contributed by atoms with Gasteiger partial charge in [0.25, 0.3) is 0 Å². The highest BCUT2D eigenvalue weighted by Gasteiger charge is 2.10. The molecule has 17 heavy (non-hydrogen) atoms. The standard InChI is InChI=1S/C12H12N4S/c1-8-4-5-10(7-13)11(6-8)17-12-15-14-9(2)16(12)3/h4-6H,1-3H3. The smallest absolute Gasteiger partial charge is 0.195 e. The molecule has 0 amide bonds. The number of aryl methyl sites for hydroxylation is 2. The number of aromatic nitrogens is 3. The van der Waals surface area contributed by atoms with Gasteiger partial charge >= 0.3 is 0 Å². The van der Waals surface area contributed by atoms with Crippen LogP contribution in [0.4, 0.5) is 0 Å². The molecule has 0 aliphatic rings. The van der Waals surface area contributed by atoms with Crippen molar-refractivity contribution in [2.24, 2.45) is 7.05 Å². The van der Waals surface area contributed by atoms with Gasteiger partial charge in [-0.05, 0) is 43.3 Å². The molecule has 0 saturated heterocycles. The van der Waals surface area contributed by atoms with Crippen molar-refractivity contribution in [1.29, 1.82) is 5.26 Å². The van der Waals surface area contributed by atoms with Crippen molar-refractivity contribution in [2.75, 3.05) is 0 Å². The minimum Gasteiger partial charge on any atom is -0.309 e. The second kappa shape index (κ2) is 4.60. The molecule has 2 aromatic rings. The molecule has 4 nitrogen and oxygen atoms in total. The Hall–Kier alpha value is -1.80. The first-order chi connectivity index (χ1) is 8.11. The summed E-state index contributed by atoms with van der Waals surface area (Å²) in [6, 6.07) is 7.95. The number of nitrogens with zero attached hydrogens (tertiary/aromatic N) is 4. The fourth-order valence-electron chi connectivity index (χ4n) is 1.38. The summed E-state index contributed by atoms with van der Waals surface area (Å²) in [5.74, 6) is 0.860. The van der Waals surface area contributed by atoms with E-state index in [0.29, 0.717) is 5.56 Å². The minimum atomic E-state index is 0.668. The second-order valence-corrected chi connectivity index (χ2v) is 4.81. The second-order valence-electron chi connectivity index (χ2n) is 3.80. The first-order valence-electron chi connectivity index (χ1n) is 5.16. The SMILES string of the molecule is Cc1ccc(C#N)c(Sc2nnc(C)n2C)c1. The van der Waals surface area contributed by atoms with Crippen molar-refractivity contribution in [3.05, 3.63) is 35.2 Å². The number of rotatable bonds is 2. The van der Waals surface area contributed by atoms with Gasteiger partial charge in [-0.25, -0.2) is 0 Å². The quantitative estimate of drug-likeness (QED) is 0.814. The number of hydrogen-bond donors (Lipinski definition) is 0. The first kappa shape index (κ1) is 11.7. The van der Waals surface area contributed by atoms with E-state index >= 15 is 0 Å². The third-order valence-corrected chi connectivity index (χ3v) is 3.61. The maximum absolute atomic E-state index is 9.06. The molecule has 0 radical (unpaired) electrons. The van der Waals surface area contributed by atoms with Crippen LogP contribution in [0.15, 0.2) is 28.3 Å². The molecule has 0 fully saturated rings. The molecule has 1 aromatic heterocycles. The van der Waals surface area contributed by atoms with Crippen molar-refractivity contribution < 1.29 is 0 Å². The van der Waals surface area contributed by atoms with E-state index in [0.717, 1.165) is 21.4 Å². The Bertz CT molecular complexity index is 595. The van der Waals surface area contributed by atoms with Crippen molar-refractivity contribution in [3.63, 3.8) is 0 Å². The fourth-order valence-corrected chi connectivity index (χ4v) is 2.40. The molecule has 0 atom stereocenters. The van der Waals surface area contributed by atoms with E-state index in [4.69, 9.17) is 5.26 Å². The molecule has 0 aliphatic carbocycles. The molecule has 1 heterocycles. The van der Waals surface area contributed by atoms with E-state index in [9.17, 15) is 0 Å². The Kier molecular flexibility index (Phi) is 3.16. The maximum atomic E-state index is 9.06. The Balaban J connectivity index is 2.39. The molecule has 0 N–H and O–H groups in total. The lowest BCUT2D eigenvalue weighted by Crippen LogP contribution is -1.94. The van der Waals surface area contributed by atoms with Crippen LogP contribution in [0.3, 0.4) is 0 Å². The summed E-state index contributed by atoms with van der Waals surface area (Å²) in [6.45, 7) is 3.91. The lowest BCUT2D eigenvalue weighted by atomic mass is 10.2. The highest BCUT2D eigenvalue weighted by atomic mass is 32.2. The predicted octanol–water partition coefficient (Wildman–Crippen LogP) is 2.45. The lowest BCUT2D eigenvalue weighted by molar-refractivity contribution is 0.765. The summed E-state index contributed by atoms with van der Waals surface area (Å²) < 4.78 is 1.91. The molecule has 0 saturated carbocycles. The average Bonchev–Trinajstić information content (AvgIpc) is 2.61. The summed E-state index contributed by atoms with van der Waals surface area (Å²) in [6.07, 6.45) is 0. The van der Waals surface area contributed by atoms with Gasteiger partial charge in [0.1, 0.15) is 11.9 Å². The van der Waals surface area contributed by atoms with Crippen LogP contribution in [0.1, 0.15) is 17.0 Å². The zero-order valence-corrected chi connectivity index (χ0v) is 10.7. The van der Waals surface area contributed by atoms with Crippen LogP contribution in [0, 0.1) is 25.2 Å². The van der Waals surface area contributed by atoms with Gasteiger partial charge in [0.2, 0.25) is 0 Å². The van der Waals surface area contributed by atoms with Crippen LogP contribution in [-0.2, 0) is 7.05 Å². The van der Waals surface area contributed by atoms with Crippen molar-refractivity contribution in [1.82, 2.24) is 14.8 Å². The van der Waals surface area contributed by atoms with E-state index in [1.807, 2.05) is 43.7 Å². The van der Waals surface area contributed by atoms with Crippen LogP contribution in [0.2, 0.25) is 0 Å². The van der Waals surface area contributed by atoms with Gasteiger partial charge in [-0.2, -0.15) is 5.26 Å². The monoisotopic (exact) mass is 244 g/mol. The molecule has 0 bridgehead atoms. The van der Waals surface area contributed by atoms with E-state index in [1.165, 1.54) is 11.8 Å². The molecule has 1 aromatic carbocycles. The fraction of sp³-hybridized carbons (Fsp3) is 0.250. The van der Waals surface area contributed by atoms with Gasteiger partial charge < -0.3 is 4.57 Å². The first-order valence-corrected chi connectivity index (χ1v) is 5.98. The van der Waals surface area contributed by atoms with E-state index in [2.05, 4.69) is 16.3 Å². The molecule has 0 aliphatic heterocycles. The van der Waals surface area contributed by atoms with Gasteiger partial charge in [-0.1, -0.05) is 6.07 Å². The lowest BCUT2D eigenvalue weighted by Gasteiger charge is -2.04. The highest BCUT2D eigenvalue weighted by Crippen LogP contribution is 2.29. The van der Waals surface area contributed by atoms with E-state index in [1.54, 1.807) is 0 Å². The van der Waals surface area contributed by atoms with Crippen LogP contribution < -0.4 is 0 Å². The largest absolute Gasteiger partial charge is 0.309 e. The van der Waals surface area contributed by atoms with Crippen LogP contribution in [0.5, 0.6) is 0 Å². The third kappa shape index (κ3) is 2.32. The minimum absolute atomic E-state index is 0.668. The van der Waals surface area contributed by atoms with E-state index in [-0.39, 0.29) is 0 Å². The molecular formula is C12H12N4S. The normalized spacial score (nSPS) is 10.2. The van der Waals surface area contributed by atoms with Gasteiger partial charge in [0, 0.05) is 11.9 Å². The van der Waals surface area contributed by atoms with Crippen molar-refractivity contribution in [3.8, 4) is 6.07 Å². The number of nitriles is 1. The topological polar surface area (TPSA) is 54.5 Å². The summed E-state index contributed by atoms with van der Waals surface area (Å²) in [5.41, 5.74) is 1.80. The maximum Gasteiger partial charge on any atom is 0.195 e. The molecule has 0 unspecified atom stereocenters. The Morgan fingerprint density at radius 3 is 2.65 bits per heavy atom. The Morgan fingerprint density at radius 2 is 2.06 bits per heavy atom.